The average Bonchev–Trinajstić information content (AvgIpc) is 3.42. The molecule has 76 heavy (non-hydrogen) atoms. The molecule has 0 aromatic carbocycles. The van der Waals surface area contributed by atoms with Gasteiger partial charge in [-0.15, -0.1) is 0 Å². The Labute approximate surface area is 467 Å². The van der Waals surface area contributed by atoms with Crippen LogP contribution in [-0.2, 0) is 28.6 Å². The summed E-state index contributed by atoms with van der Waals surface area (Å²) in [5.41, 5.74) is 0. The van der Waals surface area contributed by atoms with Crippen molar-refractivity contribution in [2.45, 2.75) is 252 Å². The van der Waals surface area contributed by atoms with Gasteiger partial charge in [0.25, 0.3) is 0 Å². The Balaban J connectivity index is 4.35. The molecule has 0 N–H and O–H groups in total. The number of ether oxygens (including phenoxy) is 3. The number of carbonyl (C=O) groups excluding carboxylic acids is 3. The van der Waals surface area contributed by atoms with Crippen molar-refractivity contribution in [3.63, 3.8) is 0 Å². The summed E-state index contributed by atoms with van der Waals surface area (Å²) in [6.07, 6.45) is 91.1. The minimum absolute atomic E-state index is 0.101. The zero-order valence-corrected chi connectivity index (χ0v) is 48.7. The van der Waals surface area contributed by atoms with Crippen molar-refractivity contribution < 1.29 is 28.6 Å². The van der Waals surface area contributed by atoms with E-state index < -0.39 is 6.10 Å². The van der Waals surface area contributed by atoms with Crippen LogP contribution in [0.15, 0.2) is 158 Å². The summed E-state index contributed by atoms with van der Waals surface area (Å²) in [6, 6.07) is 0. The Morgan fingerprint density at radius 3 is 0.803 bits per heavy atom. The lowest BCUT2D eigenvalue weighted by molar-refractivity contribution is -0.167. The Kier molecular flexibility index (Phi) is 58.5. The highest BCUT2D eigenvalue weighted by Gasteiger charge is 2.19. The summed E-state index contributed by atoms with van der Waals surface area (Å²) in [4.78, 5) is 38.1. The molecule has 1 atom stereocenters. The molecule has 0 aliphatic carbocycles. The minimum atomic E-state index is -0.806. The van der Waals surface area contributed by atoms with Gasteiger partial charge in [-0.1, -0.05) is 256 Å². The van der Waals surface area contributed by atoms with E-state index in [1.165, 1.54) is 32.1 Å². The molecule has 0 fully saturated rings. The second-order valence-electron chi connectivity index (χ2n) is 19.5. The molecule has 1 unspecified atom stereocenters. The van der Waals surface area contributed by atoms with Crippen molar-refractivity contribution in [3.8, 4) is 0 Å². The van der Waals surface area contributed by atoms with E-state index in [-0.39, 0.29) is 37.5 Å². The van der Waals surface area contributed by atoms with Gasteiger partial charge >= 0.3 is 17.9 Å². The highest BCUT2D eigenvalue weighted by Crippen LogP contribution is 2.13. The maximum absolute atomic E-state index is 12.9. The maximum atomic E-state index is 12.9. The van der Waals surface area contributed by atoms with Gasteiger partial charge < -0.3 is 14.2 Å². The lowest BCUT2D eigenvalue weighted by Gasteiger charge is -2.18. The first-order valence-corrected chi connectivity index (χ1v) is 30.5. The molecule has 0 bridgehead atoms. The monoisotopic (exact) mass is 1050 g/mol. The number of rotatable bonds is 53. The number of allylic oxidation sites excluding steroid dienone is 26. The van der Waals surface area contributed by atoms with Gasteiger partial charge in [0.1, 0.15) is 13.2 Å². The highest BCUT2D eigenvalue weighted by molar-refractivity contribution is 5.71. The molecule has 0 saturated carbocycles. The Morgan fingerprint density at radius 2 is 0.513 bits per heavy atom. The lowest BCUT2D eigenvalue weighted by atomic mass is 10.1. The second kappa shape index (κ2) is 62.6. The van der Waals surface area contributed by atoms with Crippen molar-refractivity contribution in [2.75, 3.05) is 13.2 Å². The van der Waals surface area contributed by atoms with Crippen LogP contribution in [-0.4, -0.2) is 37.2 Å². The number of unbranched alkanes of at least 4 members (excludes halogenated alkanes) is 16. The molecule has 426 valence electrons. The van der Waals surface area contributed by atoms with E-state index in [1.54, 1.807) is 0 Å². The van der Waals surface area contributed by atoms with Crippen LogP contribution in [0.25, 0.3) is 0 Å². The summed E-state index contributed by atoms with van der Waals surface area (Å²) in [5.74, 6) is -0.957. The molecule has 0 aliphatic heterocycles. The SMILES string of the molecule is CC/C=C\C/C=C\C/C=C\C/C=C\C/C=C\C/C=C\C/C=C\CCCCCCCC(=O)OCC(COC(=O)CCCCCCCCCC)OC(=O)CCCCCC/C=C\C/C=C\C/C=C\C/C=C\C/C=C\C/C=C\CC. The molecule has 0 aliphatic rings. The average molecular weight is 1050 g/mol. The van der Waals surface area contributed by atoms with E-state index in [1.807, 2.05) is 0 Å². The first-order chi connectivity index (χ1) is 37.5. The first kappa shape index (κ1) is 71.0. The van der Waals surface area contributed by atoms with E-state index in [9.17, 15) is 14.4 Å². The zero-order chi connectivity index (χ0) is 55.0. The van der Waals surface area contributed by atoms with Crippen LogP contribution in [0.3, 0.4) is 0 Å². The first-order valence-electron chi connectivity index (χ1n) is 30.5. The minimum Gasteiger partial charge on any atom is -0.462 e. The molecule has 0 heterocycles. The topological polar surface area (TPSA) is 78.9 Å². The van der Waals surface area contributed by atoms with Crippen LogP contribution in [0.1, 0.15) is 245 Å². The van der Waals surface area contributed by atoms with Gasteiger partial charge in [0.2, 0.25) is 0 Å². The fourth-order valence-corrected chi connectivity index (χ4v) is 7.78. The van der Waals surface area contributed by atoms with Crippen LogP contribution in [0.4, 0.5) is 0 Å². The van der Waals surface area contributed by atoms with Crippen molar-refractivity contribution in [1.82, 2.24) is 0 Å². The summed E-state index contributed by atoms with van der Waals surface area (Å²) >= 11 is 0. The molecule has 0 spiro atoms. The van der Waals surface area contributed by atoms with E-state index in [0.717, 1.165) is 173 Å². The number of carbonyl (C=O) groups is 3. The van der Waals surface area contributed by atoms with Gasteiger partial charge in [0.05, 0.1) is 0 Å². The van der Waals surface area contributed by atoms with Gasteiger partial charge in [-0.2, -0.15) is 0 Å². The smallest absolute Gasteiger partial charge is 0.306 e. The third-order valence-corrected chi connectivity index (χ3v) is 12.3. The Hall–Kier alpha value is -4.97. The maximum Gasteiger partial charge on any atom is 0.306 e. The Bertz CT molecular complexity index is 1720. The molecule has 0 aromatic rings. The molecule has 0 radical (unpaired) electrons. The molecule has 6 heteroatoms. The van der Waals surface area contributed by atoms with Crippen molar-refractivity contribution in [2.24, 2.45) is 0 Å². The lowest BCUT2D eigenvalue weighted by Crippen LogP contribution is -2.30. The molecule has 0 saturated heterocycles. The number of hydrogen-bond donors (Lipinski definition) is 0. The van der Waals surface area contributed by atoms with Crippen molar-refractivity contribution in [1.29, 1.82) is 0 Å². The normalized spacial score (nSPS) is 13.2. The predicted molar refractivity (Wildman–Crippen MR) is 329 cm³/mol. The van der Waals surface area contributed by atoms with Crippen molar-refractivity contribution >= 4 is 17.9 Å². The third kappa shape index (κ3) is 59.9. The van der Waals surface area contributed by atoms with E-state index >= 15 is 0 Å². The predicted octanol–water partition coefficient (Wildman–Crippen LogP) is 20.9. The summed E-state index contributed by atoms with van der Waals surface area (Å²) in [6.45, 7) is 6.33. The van der Waals surface area contributed by atoms with Crippen LogP contribution in [0, 0.1) is 0 Å². The van der Waals surface area contributed by atoms with Crippen LogP contribution >= 0.6 is 0 Å². The van der Waals surface area contributed by atoms with Gasteiger partial charge in [-0.3, -0.25) is 14.4 Å². The van der Waals surface area contributed by atoms with Gasteiger partial charge in [-0.25, -0.2) is 0 Å². The largest absolute Gasteiger partial charge is 0.462 e. The molecular formula is C70H110O6. The molecular weight excluding hydrogens is 937 g/mol. The van der Waals surface area contributed by atoms with Crippen LogP contribution < -0.4 is 0 Å². The van der Waals surface area contributed by atoms with Gasteiger partial charge in [0.15, 0.2) is 6.10 Å². The molecule has 6 nitrogen and oxygen atoms in total. The standard InChI is InChI=1S/C70H110O6/c1-4-7-10-13-16-19-21-23-25-27-29-31-33-34-35-36-38-39-41-43-45-47-49-51-54-57-60-63-69(72)75-66-67(65-74-68(71)62-59-56-53-18-15-12-9-6-3)76-70(73)64-61-58-55-52-50-48-46-44-42-40-37-32-30-28-26-24-22-20-17-14-11-8-5-2/h7-8,10-11,16-17,19-20,23-26,29-32,34-35,38-40,42-43,45-46,48,67H,4-6,9,12-15,18,21-22,27-28,33,36-37,41,44,47,49-66H2,1-3H3/b10-7-,11-8-,19-16-,20-17-,25-23-,26-24-,31-29-,32-30-,35-34-,39-38-,42-40-,45-43-,48-46-. The van der Waals surface area contributed by atoms with Crippen LogP contribution in [0.5, 0.6) is 0 Å². The quantitative estimate of drug-likeness (QED) is 0.0261. The Morgan fingerprint density at radius 1 is 0.276 bits per heavy atom. The van der Waals surface area contributed by atoms with Gasteiger partial charge in [0, 0.05) is 19.3 Å². The third-order valence-electron chi connectivity index (χ3n) is 12.3. The van der Waals surface area contributed by atoms with Gasteiger partial charge in [-0.05, 0) is 128 Å². The fourth-order valence-electron chi connectivity index (χ4n) is 7.78. The van der Waals surface area contributed by atoms with E-state index in [4.69, 9.17) is 14.2 Å². The molecule has 0 rings (SSSR count). The second-order valence-corrected chi connectivity index (χ2v) is 19.5. The molecule has 0 aromatic heterocycles. The molecule has 0 amide bonds. The van der Waals surface area contributed by atoms with Crippen LogP contribution in [0.2, 0.25) is 0 Å². The fraction of sp³-hybridized carbons (Fsp3) is 0.586. The van der Waals surface area contributed by atoms with E-state index in [2.05, 4.69) is 179 Å². The summed E-state index contributed by atoms with van der Waals surface area (Å²) in [5, 5.41) is 0. The zero-order valence-electron chi connectivity index (χ0n) is 48.7. The summed E-state index contributed by atoms with van der Waals surface area (Å²) in [7, 11) is 0. The number of hydrogen-bond acceptors (Lipinski definition) is 6. The van der Waals surface area contributed by atoms with Crippen molar-refractivity contribution in [3.05, 3.63) is 158 Å². The number of esters is 3. The highest BCUT2D eigenvalue weighted by atomic mass is 16.6. The summed E-state index contributed by atoms with van der Waals surface area (Å²) < 4.78 is 16.8. The van der Waals surface area contributed by atoms with E-state index in [0.29, 0.717) is 12.8 Å².